The van der Waals surface area contributed by atoms with Gasteiger partial charge in [-0.15, -0.1) is 0 Å². The lowest BCUT2D eigenvalue weighted by Gasteiger charge is -2.07. The summed E-state index contributed by atoms with van der Waals surface area (Å²) in [7, 11) is 0. The Balaban J connectivity index is 1.43. The van der Waals surface area contributed by atoms with Gasteiger partial charge in [0.1, 0.15) is 0 Å². The van der Waals surface area contributed by atoms with Crippen LogP contribution in [0, 0.1) is 13.8 Å². The number of nitrogens with one attached hydrogen (secondary N) is 1. The molecule has 1 amide bonds. The Hall–Kier alpha value is -3.06. The predicted molar refractivity (Wildman–Crippen MR) is 103 cm³/mol. The molecule has 0 saturated heterocycles. The van der Waals surface area contributed by atoms with Crippen molar-refractivity contribution in [3.63, 3.8) is 0 Å². The SMILES string of the molecule is Cc1cc(C)nc(Sc2ccc(NC(=O)c3ccc4c(c3)OCO4)cc2)n1. The van der Waals surface area contributed by atoms with Crippen molar-refractivity contribution in [1.29, 1.82) is 0 Å². The second-order valence-corrected chi connectivity index (χ2v) is 7.12. The summed E-state index contributed by atoms with van der Waals surface area (Å²) in [5.74, 6) is 1.04. The predicted octanol–water partition coefficient (Wildman–Crippen LogP) is 4.23. The summed E-state index contributed by atoms with van der Waals surface area (Å²) in [4.78, 5) is 22.3. The highest BCUT2D eigenvalue weighted by molar-refractivity contribution is 7.99. The Bertz CT molecular complexity index is 986. The minimum Gasteiger partial charge on any atom is -0.454 e. The van der Waals surface area contributed by atoms with Gasteiger partial charge < -0.3 is 14.8 Å². The molecule has 0 radical (unpaired) electrons. The van der Waals surface area contributed by atoms with Crippen LogP contribution in [-0.4, -0.2) is 22.7 Å². The number of nitrogens with zero attached hydrogens (tertiary/aromatic N) is 2. The molecule has 2 aromatic carbocycles. The third-order valence-electron chi connectivity index (χ3n) is 3.92. The molecule has 0 saturated carbocycles. The fourth-order valence-corrected chi connectivity index (χ4v) is 3.55. The van der Waals surface area contributed by atoms with Gasteiger partial charge in [-0.05, 0) is 74.1 Å². The summed E-state index contributed by atoms with van der Waals surface area (Å²) in [6, 6.07) is 14.6. The summed E-state index contributed by atoms with van der Waals surface area (Å²) < 4.78 is 10.6. The molecule has 2 heterocycles. The zero-order valence-corrected chi connectivity index (χ0v) is 15.7. The first-order valence-electron chi connectivity index (χ1n) is 8.38. The van der Waals surface area contributed by atoms with Gasteiger partial charge in [-0.2, -0.15) is 0 Å². The van der Waals surface area contributed by atoms with Crippen LogP contribution in [0.25, 0.3) is 0 Å². The number of amides is 1. The number of ether oxygens (including phenoxy) is 2. The van der Waals surface area contributed by atoms with Gasteiger partial charge in [0.25, 0.3) is 5.91 Å². The number of benzene rings is 2. The van der Waals surface area contributed by atoms with Crippen LogP contribution in [0.3, 0.4) is 0 Å². The molecule has 1 aliphatic rings. The average molecular weight is 379 g/mol. The first-order valence-corrected chi connectivity index (χ1v) is 9.20. The second-order valence-electron chi connectivity index (χ2n) is 6.08. The molecule has 0 bridgehead atoms. The maximum absolute atomic E-state index is 12.4. The van der Waals surface area contributed by atoms with E-state index in [1.807, 2.05) is 44.2 Å². The van der Waals surface area contributed by atoms with Gasteiger partial charge in [-0.3, -0.25) is 4.79 Å². The number of hydrogen-bond acceptors (Lipinski definition) is 6. The number of fused-ring (bicyclic) bond motifs is 1. The zero-order chi connectivity index (χ0) is 18.8. The van der Waals surface area contributed by atoms with Gasteiger partial charge in [0.15, 0.2) is 16.7 Å². The van der Waals surface area contributed by atoms with Crippen molar-refractivity contribution in [3.05, 3.63) is 65.5 Å². The van der Waals surface area contributed by atoms with Crippen molar-refractivity contribution in [3.8, 4) is 11.5 Å². The van der Waals surface area contributed by atoms with E-state index in [0.29, 0.717) is 27.9 Å². The van der Waals surface area contributed by atoms with E-state index in [9.17, 15) is 4.79 Å². The molecule has 3 aromatic rings. The van der Waals surface area contributed by atoms with Gasteiger partial charge in [0, 0.05) is 27.5 Å². The largest absolute Gasteiger partial charge is 0.454 e. The van der Waals surface area contributed by atoms with Gasteiger partial charge >= 0.3 is 0 Å². The van der Waals surface area contributed by atoms with Crippen LogP contribution in [0.1, 0.15) is 21.7 Å². The van der Waals surface area contributed by atoms with Crippen molar-refractivity contribution in [1.82, 2.24) is 9.97 Å². The Kier molecular flexibility index (Phi) is 4.68. The molecule has 6 nitrogen and oxygen atoms in total. The van der Waals surface area contributed by atoms with Crippen molar-refractivity contribution in [2.24, 2.45) is 0 Å². The molecule has 0 atom stereocenters. The first kappa shape index (κ1) is 17.4. The van der Waals surface area contributed by atoms with Crippen molar-refractivity contribution in [2.75, 3.05) is 12.1 Å². The van der Waals surface area contributed by atoms with E-state index in [4.69, 9.17) is 9.47 Å². The number of carbonyl (C=O) groups excluding carboxylic acids is 1. The molecule has 7 heteroatoms. The number of aryl methyl sites for hydroxylation is 2. The average Bonchev–Trinajstić information content (AvgIpc) is 3.10. The second kappa shape index (κ2) is 7.28. The summed E-state index contributed by atoms with van der Waals surface area (Å²) in [5.41, 5.74) is 3.11. The molecule has 4 rings (SSSR count). The molecule has 27 heavy (non-hydrogen) atoms. The maximum Gasteiger partial charge on any atom is 0.255 e. The maximum atomic E-state index is 12.4. The summed E-state index contributed by atoms with van der Waals surface area (Å²) in [5, 5.41) is 3.60. The molecule has 1 aromatic heterocycles. The van der Waals surface area contributed by atoms with Crippen molar-refractivity contribution < 1.29 is 14.3 Å². The highest BCUT2D eigenvalue weighted by Crippen LogP contribution is 2.33. The third kappa shape index (κ3) is 4.03. The standard InChI is InChI=1S/C20H17N3O3S/c1-12-9-13(2)22-20(21-12)27-16-6-4-15(5-7-16)23-19(24)14-3-8-17-18(10-14)26-11-25-17/h3-10H,11H2,1-2H3,(H,23,24). The molecule has 136 valence electrons. The Morgan fingerprint density at radius 2 is 1.67 bits per heavy atom. The molecular formula is C20H17N3O3S. The van der Waals surface area contributed by atoms with E-state index in [1.165, 1.54) is 11.8 Å². The lowest BCUT2D eigenvalue weighted by Crippen LogP contribution is -2.11. The minimum absolute atomic E-state index is 0.184. The third-order valence-corrected chi connectivity index (χ3v) is 4.79. The topological polar surface area (TPSA) is 73.3 Å². The fourth-order valence-electron chi connectivity index (χ4n) is 2.69. The van der Waals surface area contributed by atoms with Gasteiger partial charge in [0.05, 0.1) is 0 Å². The van der Waals surface area contributed by atoms with E-state index >= 15 is 0 Å². The molecule has 0 fully saturated rings. The number of carbonyl (C=O) groups is 1. The Morgan fingerprint density at radius 1 is 0.963 bits per heavy atom. The zero-order valence-electron chi connectivity index (χ0n) is 14.9. The van der Waals surface area contributed by atoms with Crippen LogP contribution >= 0.6 is 11.8 Å². The van der Waals surface area contributed by atoms with Crippen LogP contribution in [0.2, 0.25) is 0 Å². The molecule has 0 spiro atoms. The van der Waals surface area contributed by atoms with E-state index in [-0.39, 0.29) is 12.7 Å². The lowest BCUT2D eigenvalue weighted by atomic mass is 10.2. The smallest absolute Gasteiger partial charge is 0.255 e. The van der Waals surface area contributed by atoms with Crippen LogP contribution in [0.15, 0.2) is 58.6 Å². The number of aromatic nitrogens is 2. The Morgan fingerprint density at radius 3 is 2.41 bits per heavy atom. The van der Waals surface area contributed by atoms with Crippen molar-refractivity contribution in [2.45, 2.75) is 23.9 Å². The van der Waals surface area contributed by atoms with E-state index < -0.39 is 0 Å². The quantitative estimate of drug-likeness (QED) is 0.684. The van der Waals surface area contributed by atoms with E-state index in [1.54, 1.807) is 18.2 Å². The fraction of sp³-hybridized carbons (Fsp3) is 0.150. The van der Waals surface area contributed by atoms with Crippen LogP contribution in [0.4, 0.5) is 5.69 Å². The molecule has 1 N–H and O–H groups in total. The first-order chi connectivity index (χ1) is 13.1. The highest BCUT2D eigenvalue weighted by Gasteiger charge is 2.16. The summed E-state index contributed by atoms with van der Waals surface area (Å²) >= 11 is 1.49. The normalized spacial score (nSPS) is 12.1. The van der Waals surface area contributed by atoms with Gasteiger partial charge in [-0.1, -0.05) is 0 Å². The van der Waals surface area contributed by atoms with Gasteiger partial charge in [-0.25, -0.2) is 9.97 Å². The molecule has 1 aliphatic heterocycles. The molecule has 0 unspecified atom stereocenters. The Labute approximate surface area is 161 Å². The van der Waals surface area contributed by atoms with Crippen LogP contribution < -0.4 is 14.8 Å². The lowest BCUT2D eigenvalue weighted by molar-refractivity contribution is 0.102. The highest BCUT2D eigenvalue weighted by atomic mass is 32.2. The number of anilines is 1. The summed E-state index contributed by atoms with van der Waals surface area (Å²) in [6.45, 7) is 4.09. The minimum atomic E-state index is -0.202. The van der Waals surface area contributed by atoms with Crippen LogP contribution in [-0.2, 0) is 0 Å². The number of rotatable bonds is 4. The van der Waals surface area contributed by atoms with Gasteiger partial charge in [0.2, 0.25) is 6.79 Å². The molecular weight excluding hydrogens is 362 g/mol. The monoisotopic (exact) mass is 379 g/mol. The number of hydrogen-bond donors (Lipinski definition) is 1. The van der Waals surface area contributed by atoms with Crippen LogP contribution in [0.5, 0.6) is 11.5 Å². The van der Waals surface area contributed by atoms with Crippen molar-refractivity contribution >= 4 is 23.4 Å². The van der Waals surface area contributed by atoms with E-state index in [0.717, 1.165) is 16.3 Å². The molecule has 0 aliphatic carbocycles. The van der Waals surface area contributed by atoms with E-state index in [2.05, 4.69) is 15.3 Å². The summed E-state index contributed by atoms with van der Waals surface area (Å²) in [6.07, 6.45) is 0.